The second-order valence-electron chi connectivity index (χ2n) is 5.47. The first-order chi connectivity index (χ1) is 9.20. The van der Waals surface area contributed by atoms with Crippen LogP contribution >= 0.6 is 11.6 Å². The van der Waals surface area contributed by atoms with Crippen LogP contribution in [0.1, 0.15) is 31.2 Å². The molecule has 112 valence electrons. The maximum atomic E-state index is 12.9. The molecule has 0 aromatic heterocycles. The van der Waals surface area contributed by atoms with E-state index < -0.39 is 23.5 Å². The minimum absolute atomic E-state index is 0.0126. The summed E-state index contributed by atoms with van der Waals surface area (Å²) in [7, 11) is 0. The summed E-state index contributed by atoms with van der Waals surface area (Å²) in [5, 5.41) is 10.5. The minimum atomic E-state index is -4.29. The maximum Gasteiger partial charge on any atom is 0.391 e. The summed E-state index contributed by atoms with van der Waals surface area (Å²) in [4.78, 5) is 0. The van der Waals surface area contributed by atoms with E-state index in [1.807, 2.05) is 0 Å². The van der Waals surface area contributed by atoms with Gasteiger partial charge in [-0.2, -0.15) is 13.2 Å². The Morgan fingerprint density at radius 1 is 1.35 bits per heavy atom. The first kappa shape index (κ1) is 15.6. The largest absolute Gasteiger partial charge is 0.391 e. The molecule has 0 amide bonds. The van der Waals surface area contributed by atoms with Gasteiger partial charge in [0.1, 0.15) is 5.82 Å². The molecular formula is C14H15ClF4O. The lowest BCUT2D eigenvalue weighted by molar-refractivity contribution is -0.200. The van der Waals surface area contributed by atoms with E-state index in [1.54, 1.807) is 0 Å². The van der Waals surface area contributed by atoms with E-state index in [-0.39, 0.29) is 24.3 Å². The predicted octanol–water partition coefficient (Wildman–Crippen LogP) is 4.51. The highest BCUT2D eigenvalue weighted by Gasteiger charge is 2.47. The van der Waals surface area contributed by atoms with Crippen molar-refractivity contribution in [2.45, 2.75) is 43.9 Å². The lowest BCUT2D eigenvalue weighted by Gasteiger charge is -2.37. The van der Waals surface area contributed by atoms with Crippen LogP contribution in [0.25, 0.3) is 0 Å². The molecule has 1 nitrogen and oxygen atoms in total. The molecule has 20 heavy (non-hydrogen) atoms. The SMILES string of the molecule is OC1(Cc2ccc(F)cc2Cl)CCCC(C(F)(F)F)C1. The van der Waals surface area contributed by atoms with Gasteiger partial charge in [0.15, 0.2) is 0 Å². The molecule has 0 saturated heterocycles. The van der Waals surface area contributed by atoms with Crippen LogP contribution in [0.15, 0.2) is 18.2 Å². The molecule has 2 rings (SSSR count). The number of hydrogen-bond donors (Lipinski definition) is 1. The molecule has 1 fully saturated rings. The standard InChI is InChI=1S/C14H15ClF4O/c15-12-6-11(16)4-3-9(12)7-13(20)5-1-2-10(8-13)14(17,18)19/h3-4,6,10,20H,1-2,5,7-8H2. The lowest BCUT2D eigenvalue weighted by Crippen LogP contribution is -2.42. The lowest BCUT2D eigenvalue weighted by atomic mass is 9.75. The van der Waals surface area contributed by atoms with Crippen molar-refractivity contribution in [3.63, 3.8) is 0 Å². The van der Waals surface area contributed by atoms with Gasteiger partial charge in [0.25, 0.3) is 0 Å². The van der Waals surface area contributed by atoms with Gasteiger partial charge in [0.2, 0.25) is 0 Å². The molecule has 2 unspecified atom stereocenters. The summed E-state index contributed by atoms with van der Waals surface area (Å²) in [6.07, 6.45) is -3.94. The molecule has 1 aromatic carbocycles. The van der Waals surface area contributed by atoms with Crippen molar-refractivity contribution in [1.29, 1.82) is 0 Å². The highest BCUT2D eigenvalue weighted by molar-refractivity contribution is 6.31. The summed E-state index contributed by atoms with van der Waals surface area (Å²) in [5.41, 5.74) is -0.960. The molecule has 0 aliphatic heterocycles. The van der Waals surface area contributed by atoms with Crippen molar-refractivity contribution in [2.24, 2.45) is 5.92 Å². The second kappa shape index (κ2) is 5.53. The molecule has 1 aromatic rings. The monoisotopic (exact) mass is 310 g/mol. The Balaban J connectivity index is 2.14. The molecule has 6 heteroatoms. The Labute approximate surface area is 119 Å². The number of hydrogen-bond acceptors (Lipinski definition) is 1. The average Bonchev–Trinajstić information content (AvgIpc) is 2.32. The predicted molar refractivity (Wildman–Crippen MR) is 68.1 cm³/mol. The Kier molecular flexibility index (Phi) is 4.30. The number of rotatable bonds is 2. The van der Waals surface area contributed by atoms with Crippen LogP contribution in [0.5, 0.6) is 0 Å². The Morgan fingerprint density at radius 2 is 2.05 bits per heavy atom. The molecule has 0 radical (unpaired) electrons. The minimum Gasteiger partial charge on any atom is -0.390 e. The third-order valence-electron chi connectivity index (χ3n) is 3.82. The van der Waals surface area contributed by atoms with Crippen molar-refractivity contribution in [3.8, 4) is 0 Å². The molecule has 1 aliphatic rings. The Hall–Kier alpha value is -0.810. The van der Waals surface area contributed by atoms with Gasteiger partial charge in [0, 0.05) is 11.4 Å². The van der Waals surface area contributed by atoms with E-state index in [4.69, 9.17) is 11.6 Å². The topological polar surface area (TPSA) is 20.2 Å². The van der Waals surface area contributed by atoms with Gasteiger partial charge >= 0.3 is 6.18 Å². The van der Waals surface area contributed by atoms with Crippen molar-refractivity contribution in [1.82, 2.24) is 0 Å². The van der Waals surface area contributed by atoms with Gasteiger partial charge < -0.3 is 5.11 Å². The van der Waals surface area contributed by atoms with Crippen LogP contribution in [-0.2, 0) is 6.42 Å². The molecule has 0 spiro atoms. The fourth-order valence-corrected chi connectivity index (χ4v) is 3.03. The third-order valence-corrected chi connectivity index (χ3v) is 4.17. The Bertz CT molecular complexity index is 489. The van der Waals surface area contributed by atoms with E-state index >= 15 is 0 Å². The zero-order valence-corrected chi connectivity index (χ0v) is 11.4. The van der Waals surface area contributed by atoms with E-state index in [0.717, 1.165) is 6.07 Å². The molecule has 0 heterocycles. The molecule has 1 aliphatic carbocycles. The average molecular weight is 311 g/mol. The van der Waals surface area contributed by atoms with Crippen LogP contribution in [0, 0.1) is 11.7 Å². The number of aliphatic hydroxyl groups is 1. The van der Waals surface area contributed by atoms with Crippen molar-refractivity contribution >= 4 is 11.6 Å². The van der Waals surface area contributed by atoms with Gasteiger partial charge in [0.05, 0.1) is 11.5 Å². The summed E-state index contributed by atoms with van der Waals surface area (Å²) in [5.74, 6) is -2.00. The van der Waals surface area contributed by atoms with Gasteiger partial charge in [-0.05, 0) is 43.4 Å². The summed E-state index contributed by atoms with van der Waals surface area (Å²) in [6, 6.07) is 3.70. The summed E-state index contributed by atoms with van der Waals surface area (Å²) in [6.45, 7) is 0. The number of halogens is 5. The van der Waals surface area contributed by atoms with E-state index in [0.29, 0.717) is 18.4 Å². The van der Waals surface area contributed by atoms with Crippen LogP contribution in [-0.4, -0.2) is 16.9 Å². The first-order valence-corrected chi connectivity index (χ1v) is 6.80. The molecule has 1 saturated carbocycles. The van der Waals surface area contributed by atoms with Crippen LogP contribution < -0.4 is 0 Å². The zero-order valence-electron chi connectivity index (χ0n) is 10.7. The fourth-order valence-electron chi connectivity index (χ4n) is 2.80. The smallest absolute Gasteiger partial charge is 0.390 e. The number of benzene rings is 1. The van der Waals surface area contributed by atoms with Gasteiger partial charge in [-0.25, -0.2) is 4.39 Å². The molecular weight excluding hydrogens is 296 g/mol. The maximum absolute atomic E-state index is 12.9. The van der Waals surface area contributed by atoms with Gasteiger partial charge in [-0.1, -0.05) is 17.7 Å². The van der Waals surface area contributed by atoms with Crippen molar-refractivity contribution in [2.75, 3.05) is 0 Å². The van der Waals surface area contributed by atoms with Crippen molar-refractivity contribution in [3.05, 3.63) is 34.6 Å². The Morgan fingerprint density at radius 3 is 2.65 bits per heavy atom. The molecule has 1 N–H and O–H groups in total. The summed E-state index contributed by atoms with van der Waals surface area (Å²) < 4.78 is 51.3. The van der Waals surface area contributed by atoms with Crippen molar-refractivity contribution < 1.29 is 22.7 Å². The van der Waals surface area contributed by atoms with Crippen LogP contribution in [0.2, 0.25) is 5.02 Å². The van der Waals surface area contributed by atoms with Gasteiger partial charge in [-0.3, -0.25) is 0 Å². The zero-order chi connectivity index (χ0) is 15.0. The third kappa shape index (κ3) is 3.64. The molecule has 2 atom stereocenters. The quantitative estimate of drug-likeness (QED) is 0.797. The first-order valence-electron chi connectivity index (χ1n) is 6.43. The highest BCUT2D eigenvalue weighted by atomic mass is 35.5. The van der Waals surface area contributed by atoms with E-state index in [1.165, 1.54) is 12.1 Å². The second-order valence-corrected chi connectivity index (χ2v) is 5.88. The van der Waals surface area contributed by atoms with Gasteiger partial charge in [-0.15, -0.1) is 0 Å². The molecule has 0 bridgehead atoms. The van der Waals surface area contributed by atoms with Crippen LogP contribution in [0.3, 0.4) is 0 Å². The summed E-state index contributed by atoms with van der Waals surface area (Å²) >= 11 is 5.86. The van der Waals surface area contributed by atoms with E-state index in [9.17, 15) is 22.7 Å². The number of alkyl halides is 3. The fraction of sp³-hybridized carbons (Fsp3) is 0.571. The highest BCUT2D eigenvalue weighted by Crippen LogP contribution is 2.43. The normalized spacial score (nSPS) is 27.6. The van der Waals surface area contributed by atoms with Crippen LogP contribution in [0.4, 0.5) is 17.6 Å². The van der Waals surface area contributed by atoms with E-state index in [2.05, 4.69) is 0 Å².